The van der Waals surface area contributed by atoms with E-state index < -0.39 is 6.09 Å². The smallest absolute Gasteiger partial charge is 0.410 e. The molecule has 1 amide bonds. The molecule has 0 spiro atoms. The van der Waals surface area contributed by atoms with Crippen LogP contribution in [-0.2, 0) is 0 Å². The molecular formula is C11H16N2O2. The maximum absolute atomic E-state index is 11.3. The molecule has 0 heterocycles. The number of carbonyl (C=O) groups excluding carboxylic acids is 1. The fourth-order valence-corrected chi connectivity index (χ4v) is 1.06. The van der Waals surface area contributed by atoms with Crippen LogP contribution >= 0.6 is 0 Å². The van der Waals surface area contributed by atoms with Crippen molar-refractivity contribution in [3.8, 4) is 5.75 Å². The maximum Gasteiger partial charge on any atom is 0.412 e. The van der Waals surface area contributed by atoms with Crippen LogP contribution in [0.5, 0.6) is 5.75 Å². The van der Waals surface area contributed by atoms with Crippen molar-refractivity contribution in [1.29, 1.82) is 0 Å². The molecule has 4 heteroatoms. The summed E-state index contributed by atoms with van der Waals surface area (Å²) in [6.45, 7) is 4.09. The lowest BCUT2D eigenvalue weighted by Crippen LogP contribution is -2.39. The number of nitrogens with one attached hydrogen (secondary N) is 1. The molecule has 0 aliphatic heterocycles. The van der Waals surface area contributed by atoms with E-state index in [0.29, 0.717) is 12.3 Å². The van der Waals surface area contributed by atoms with Crippen LogP contribution in [0.1, 0.15) is 12.5 Å². The number of rotatable bonds is 3. The van der Waals surface area contributed by atoms with E-state index >= 15 is 0 Å². The van der Waals surface area contributed by atoms with Crippen molar-refractivity contribution in [2.45, 2.75) is 19.9 Å². The van der Waals surface area contributed by atoms with Gasteiger partial charge in [0.25, 0.3) is 0 Å². The average Bonchev–Trinajstić information content (AvgIpc) is 2.21. The summed E-state index contributed by atoms with van der Waals surface area (Å²) in [5, 5.41) is 2.62. The molecule has 0 saturated heterocycles. The number of hydrogen-bond donors (Lipinski definition) is 2. The molecule has 82 valence electrons. The SMILES string of the molecule is Cc1ccccc1OC(=O)NC(C)CN. The summed E-state index contributed by atoms with van der Waals surface area (Å²) in [7, 11) is 0. The van der Waals surface area contributed by atoms with Gasteiger partial charge < -0.3 is 15.8 Å². The topological polar surface area (TPSA) is 64.3 Å². The van der Waals surface area contributed by atoms with E-state index in [1.807, 2.05) is 32.0 Å². The Bertz CT molecular complexity index is 339. The molecule has 0 aliphatic rings. The molecule has 1 unspecified atom stereocenters. The number of aryl methyl sites for hydroxylation is 1. The Balaban J connectivity index is 2.55. The lowest BCUT2D eigenvalue weighted by Gasteiger charge is -2.12. The molecule has 1 rings (SSSR count). The first-order chi connectivity index (χ1) is 7.13. The van der Waals surface area contributed by atoms with E-state index in [4.69, 9.17) is 10.5 Å². The van der Waals surface area contributed by atoms with E-state index in [9.17, 15) is 4.79 Å². The van der Waals surface area contributed by atoms with Crippen LogP contribution in [0.2, 0.25) is 0 Å². The summed E-state index contributed by atoms with van der Waals surface area (Å²) in [5.41, 5.74) is 6.30. The van der Waals surface area contributed by atoms with Crippen molar-refractivity contribution in [3.63, 3.8) is 0 Å². The molecule has 0 radical (unpaired) electrons. The van der Waals surface area contributed by atoms with E-state index in [1.165, 1.54) is 0 Å². The molecule has 1 atom stereocenters. The maximum atomic E-state index is 11.3. The van der Waals surface area contributed by atoms with E-state index in [-0.39, 0.29) is 6.04 Å². The van der Waals surface area contributed by atoms with E-state index in [0.717, 1.165) is 5.56 Å². The third kappa shape index (κ3) is 3.59. The van der Waals surface area contributed by atoms with Gasteiger partial charge in [-0.1, -0.05) is 18.2 Å². The highest BCUT2D eigenvalue weighted by Gasteiger charge is 2.08. The Kier molecular flexibility index (Phi) is 4.12. The molecular weight excluding hydrogens is 192 g/mol. The third-order valence-corrected chi connectivity index (χ3v) is 2.01. The minimum Gasteiger partial charge on any atom is -0.410 e. The molecule has 15 heavy (non-hydrogen) atoms. The minimum atomic E-state index is -0.470. The second-order valence-corrected chi connectivity index (χ2v) is 3.44. The number of nitrogens with two attached hydrogens (primary N) is 1. The first-order valence-electron chi connectivity index (χ1n) is 4.87. The van der Waals surface area contributed by atoms with Gasteiger partial charge in [-0.25, -0.2) is 4.79 Å². The zero-order valence-corrected chi connectivity index (χ0v) is 8.99. The van der Waals surface area contributed by atoms with Crippen LogP contribution < -0.4 is 15.8 Å². The molecule has 1 aromatic carbocycles. The van der Waals surface area contributed by atoms with Crippen molar-refractivity contribution >= 4 is 6.09 Å². The Labute approximate surface area is 89.4 Å². The van der Waals surface area contributed by atoms with Gasteiger partial charge in [0, 0.05) is 12.6 Å². The van der Waals surface area contributed by atoms with Crippen LogP contribution in [0, 0.1) is 6.92 Å². The highest BCUT2D eigenvalue weighted by atomic mass is 16.6. The quantitative estimate of drug-likeness (QED) is 0.789. The lowest BCUT2D eigenvalue weighted by molar-refractivity contribution is 0.197. The van der Waals surface area contributed by atoms with Crippen LogP contribution in [0.25, 0.3) is 0 Å². The Morgan fingerprint density at radius 3 is 2.80 bits per heavy atom. The van der Waals surface area contributed by atoms with Gasteiger partial charge >= 0.3 is 6.09 Å². The second-order valence-electron chi connectivity index (χ2n) is 3.44. The van der Waals surface area contributed by atoms with Gasteiger partial charge in [-0.3, -0.25) is 0 Å². The van der Waals surface area contributed by atoms with Crippen molar-refractivity contribution in [2.75, 3.05) is 6.54 Å². The van der Waals surface area contributed by atoms with E-state index in [1.54, 1.807) is 6.07 Å². The van der Waals surface area contributed by atoms with Gasteiger partial charge in [-0.05, 0) is 25.5 Å². The zero-order chi connectivity index (χ0) is 11.3. The van der Waals surface area contributed by atoms with Gasteiger partial charge in [0.2, 0.25) is 0 Å². The first kappa shape index (κ1) is 11.5. The number of carbonyl (C=O) groups is 1. The molecule has 0 saturated carbocycles. The van der Waals surface area contributed by atoms with Crippen LogP contribution in [0.4, 0.5) is 4.79 Å². The fourth-order valence-electron chi connectivity index (χ4n) is 1.06. The summed E-state index contributed by atoms with van der Waals surface area (Å²) < 4.78 is 5.11. The van der Waals surface area contributed by atoms with Gasteiger partial charge in [0.05, 0.1) is 0 Å². The Morgan fingerprint density at radius 2 is 2.20 bits per heavy atom. The first-order valence-corrected chi connectivity index (χ1v) is 4.87. The number of amides is 1. The van der Waals surface area contributed by atoms with Crippen LogP contribution in [0.3, 0.4) is 0 Å². The van der Waals surface area contributed by atoms with Gasteiger partial charge in [0.1, 0.15) is 5.75 Å². The summed E-state index contributed by atoms with van der Waals surface area (Å²) >= 11 is 0. The fraction of sp³-hybridized carbons (Fsp3) is 0.364. The highest BCUT2D eigenvalue weighted by molar-refractivity contribution is 5.71. The summed E-state index contributed by atoms with van der Waals surface area (Å²) in [6.07, 6.45) is -0.470. The van der Waals surface area contributed by atoms with Crippen molar-refractivity contribution < 1.29 is 9.53 Å². The summed E-state index contributed by atoms with van der Waals surface area (Å²) in [5.74, 6) is 0.569. The lowest BCUT2D eigenvalue weighted by atomic mass is 10.2. The number of ether oxygens (including phenoxy) is 1. The second kappa shape index (κ2) is 5.36. The van der Waals surface area contributed by atoms with E-state index in [2.05, 4.69) is 5.32 Å². The molecule has 4 nitrogen and oxygen atoms in total. The standard InChI is InChI=1S/C11H16N2O2/c1-8-5-3-4-6-10(8)15-11(14)13-9(2)7-12/h3-6,9H,7,12H2,1-2H3,(H,13,14). The number of benzene rings is 1. The molecule has 0 aromatic heterocycles. The predicted molar refractivity (Wildman–Crippen MR) is 58.9 cm³/mol. The molecule has 0 fully saturated rings. The molecule has 0 aliphatic carbocycles. The zero-order valence-electron chi connectivity index (χ0n) is 8.99. The monoisotopic (exact) mass is 208 g/mol. The number of hydrogen-bond acceptors (Lipinski definition) is 3. The minimum absolute atomic E-state index is 0.0819. The van der Waals surface area contributed by atoms with Crippen molar-refractivity contribution in [2.24, 2.45) is 5.73 Å². The Morgan fingerprint density at radius 1 is 1.53 bits per heavy atom. The van der Waals surface area contributed by atoms with Gasteiger partial charge in [-0.2, -0.15) is 0 Å². The molecule has 3 N–H and O–H groups in total. The Hall–Kier alpha value is -1.55. The van der Waals surface area contributed by atoms with Gasteiger partial charge in [0.15, 0.2) is 0 Å². The summed E-state index contributed by atoms with van der Waals surface area (Å²) in [4.78, 5) is 11.3. The molecule has 0 bridgehead atoms. The predicted octanol–water partition coefficient (Wildman–Crippen LogP) is 1.43. The van der Waals surface area contributed by atoms with Crippen molar-refractivity contribution in [1.82, 2.24) is 5.32 Å². The van der Waals surface area contributed by atoms with Crippen LogP contribution in [-0.4, -0.2) is 18.7 Å². The number of para-hydroxylation sites is 1. The van der Waals surface area contributed by atoms with Crippen molar-refractivity contribution in [3.05, 3.63) is 29.8 Å². The summed E-state index contributed by atoms with van der Waals surface area (Å²) in [6, 6.07) is 7.27. The normalized spacial score (nSPS) is 11.9. The van der Waals surface area contributed by atoms with Gasteiger partial charge in [-0.15, -0.1) is 0 Å². The largest absolute Gasteiger partial charge is 0.412 e. The highest BCUT2D eigenvalue weighted by Crippen LogP contribution is 2.15. The molecule has 1 aromatic rings. The van der Waals surface area contributed by atoms with Crippen LogP contribution in [0.15, 0.2) is 24.3 Å². The average molecular weight is 208 g/mol. The third-order valence-electron chi connectivity index (χ3n) is 2.01.